The number of carbonyl (C=O) groups is 1. The molecule has 2 rings (SSSR count). The summed E-state index contributed by atoms with van der Waals surface area (Å²) in [5, 5.41) is 10.3. The van der Waals surface area contributed by atoms with Crippen LogP contribution in [0.5, 0.6) is 0 Å². The fourth-order valence-corrected chi connectivity index (χ4v) is 1.39. The van der Waals surface area contributed by atoms with Gasteiger partial charge in [0.05, 0.1) is 19.1 Å². The SMILES string of the molecule is CC(C)(C)OC(=O)c1n[nH]nc1C1COC1. The lowest BCUT2D eigenvalue weighted by atomic mass is 10.0. The summed E-state index contributed by atoms with van der Waals surface area (Å²) in [7, 11) is 0. The van der Waals surface area contributed by atoms with E-state index >= 15 is 0 Å². The maximum Gasteiger partial charge on any atom is 0.361 e. The van der Waals surface area contributed by atoms with Crippen LogP contribution in [0.1, 0.15) is 42.9 Å². The Kier molecular flexibility index (Phi) is 2.67. The summed E-state index contributed by atoms with van der Waals surface area (Å²) in [6.07, 6.45) is 0. The highest BCUT2D eigenvalue weighted by atomic mass is 16.6. The van der Waals surface area contributed by atoms with Crippen molar-refractivity contribution >= 4 is 5.97 Å². The summed E-state index contributed by atoms with van der Waals surface area (Å²) in [4.78, 5) is 11.8. The minimum absolute atomic E-state index is 0.154. The number of carbonyl (C=O) groups excluding carboxylic acids is 1. The molecule has 0 aromatic carbocycles. The summed E-state index contributed by atoms with van der Waals surface area (Å²) >= 11 is 0. The lowest BCUT2D eigenvalue weighted by Gasteiger charge is -2.25. The fourth-order valence-electron chi connectivity index (χ4n) is 1.39. The van der Waals surface area contributed by atoms with Crippen LogP contribution in [0.4, 0.5) is 0 Å². The normalized spacial score (nSPS) is 16.9. The molecule has 0 aliphatic carbocycles. The van der Waals surface area contributed by atoms with E-state index in [0.717, 1.165) is 0 Å². The van der Waals surface area contributed by atoms with E-state index in [1.807, 2.05) is 20.8 Å². The number of aromatic nitrogens is 3. The van der Waals surface area contributed by atoms with E-state index in [0.29, 0.717) is 18.9 Å². The predicted molar refractivity (Wildman–Crippen MR) is 55.1 cm³/mol. The maximum atomic E-state index is 11.8. The van der Waals surface area contributed by atoms with Crippen molar-refractivity contribution in [3.63, 3.8) is 0 Å². The second kappa shape index (κ2) is 3.86. The van der Waals surface area contributed by atoms with Gasteiger partial charge in [0.25, 0.3) is 0 Å². The number of nitrogens with zero attached hydrogens (tertiary/aromatic N) is 2. The molecule has 0 radical (unpaired) electrons. The molecule has 6 nitrogen and oxygen atoms in total. The van der Waals surface area contributed by atoms with Crippen LogP contribution in [0.3, 0.4) is 0 Å². The number of esters is 1. The number of aromatic amines is 1. The first kappa shape index (κ1) is 11.1. The van der Waals surface area contributed by atoms with Crippen LogP contribution < -0.4 is 0 Å². The largest absolute Gasteiger partial charge is 0.455 e. The zero-order chi connectivity index (χ0) is 11.8. The minimum Gasteiger partial charge on any atom is -0.455 e. The Bertz CT molecular complexity index is 390. The lowest BCUT2D eigenvalue weighted by molar-refractivity contribution is 0.000398. The van der Waals surface area contributed by atoms with Gasteiger partial charge in [-0.15, -0.1) is 5.10 Å². The molecule has 1 fully saturated rings. The van der Waals surface area contributed by atoms with Crippen molar-refractivity contribution in [2.24, 2.45) is 0 Å². The number of hydrogen-bond acceptors (Lipinski definition) is 5. The fraction of sp³-hybridized carbons (Fsp3) is 0.700. The molecular formula is C10H15N3O3. The molecule has 2 heterocycles. The lowest BCUT2D eigenvalue weighted by Crippen LogP contribution is -2.29. The first-order valence-electron chi connectivity index (χ1n) is 5.19. The first-order chi connectivity index (χ1) is 7.47. The average Bonchev–Trinajstić information content (AvgIpc) is 2.45. The minimum atomic E-state index is -0.524. The zero-order valence-electron chi connectivity index (χ0n) is 9.61. The molecule has 0 atom stereocenters. The number of rotatable bonds is 2. The number of hydrogen-bond donors (Lipinski definition) is 1. The van der Waals surface area contributed by atoms with E-state index in [2.05, 4.69) is 15.4 Å². The highest BCUT2D eigenvalue weighted by Crippen LogP contribution is 2.25. The third kappa shape index (κ3) is 2.21. The zero-order valence-corrected chi connectivity index (χ0v) is 9.61. The van der Waals surface area contributed by atoms with E-state index in [-0.39, 0.29) is 11.6 Å². The van der Waals surface area contributed by atoms with Crippen LogP contribution in [0.2, 0.25) is 0 Å². The molecule has 1 aliphatic rings. The van der Waals surface area contributed by atoms with Crippen LogP contribution in [0.25, 0.3) is 0 Å². The van der Waals surface area contributed by atoms with Crippen molar-refractivity contribution in [1.29, 1.82) is 0 Å². The first-order valence-corrected chi connectivity index (χ1v) is 5.19. The van der Waals surface area contributed by atoms with Gasteiger partial charge in [-0.2, -0.15) is 10.3 Å². The Labute approximate surface area is 93.3 Å². The van der Waals surface area contributed by atoms with E-state index in [9.17, 15) is 4.79 Å². The Morgan fingerprint density at radius 1 is 1.44 bits per heavy atom. The molecule has 0 amide bonds. The Morgan fingerprint density at radius 2 is 2.12 bits per heavy atom. The third-order valence-electron chi connectivity index (χ3n) is 2.19. The summed E-state index contributed by atoms with van der Waals surface area (Å²) in [6.45, 7) is 6.62. The number of H-pyrrole nitrogens is 1. The van der Waals surface area contributed by atoms with Gasteiger partial charge in [-0.05, 0) is 20.8 Å². The van der Waals surface area contributed by atoms with Gasteiger partial charge in [-0.25, -0.2) is 4.79 Å². The van der Waals surface area contributed by atoms with Crippen molar-refractivity contribution in [3.8, 4) is 0 Å². The molecule has 1 N–H and O–H groups in total. The highest BCUT2D eigenvalue weighted by molar-refractivity contribution is 5.88. The van der Waals surface area contributed by atoms with Crippen molar-refractivity contribution < 1.29 is 14.3 Å². The Balaban J connectivity index is 2.14. The predicted octanol–water partition coefficient (Wildman–Crippen LogP) is 0.874. The Hall–Kier alpha value is -1.43. The molecule has 1 aliphatic heterocycles. The standard InChI is InChI=1S/C10H15N3O3/c1-10(2,3)16-9(14)8-7(11-13-12-8)6-4-15-5-6/h6H,4-5H2,1-3H3,(H,11,12,13). The quantitative estimate of drug-likeness (QED) is 0.756. The van der Waals surface area contributed by atoms with E-state index < -0.39 is 11.6 Å². The molecule has 0 unspecified atom stereocenters. The third-order valence-corrected chi connectivity index (χ3v) is 2.19. The topological polar surface area (TPSA) is 77.1 Å². The molecule has 1 aromatic rings. The monoisotopic (exact) mass is 225 g/mol. The number of ether oxygens (including phenoxy) is 2. The van der Waals surface area contributed by atoms with Gasteiger partial charge in [-0.3, -0.25) is 0 Å². The van der Waals surface area contributed by atoms with Crippen molar-refractivity contribution in [3.05, 3.63) is 11.4 Å². The molecule has 0 spiro atoms. The Morgan fingerprint density at radius 3 is 2.62 bits per heavy atom. The maximum absolute atomic E-state index is 11.8. The molecule has 0 bridgehead atoms. The van der Waals surface area contributed by atoms with Gasteiger partial charge >= 0.3 is 5.97 Å². The average molecular weight is 225 g/mol. The van der Waals surface area contributed by atoms with Crippen molar-refractivity contribution in [1.82, 2.24) is 15.4 Å². The second-order valence-electron chi connectivity index (χ2n) is 4.79. The van der Waals surface area contributed by atoms with E-state index in [1.165, 1.54) is 0 Å². The smallest absolute Gasteiger partial charge is 0.361 e. The second-order valence-corrected chi connectivity index (χ2v) is 4.79. The van der Waals surface area contributed by atoms with E-state index in [4.69, 9.17) is 9.47 Å². The van der Waals surface area contributed by atoms with Crippen molar-refractivity contribution in [2.75, 3.05) is 13.2 Å². The van der Waals surface area contributed by atoms with Gasteiger partial charge in [0, 0.05) is 0 Å². The van der Waals surface area contributed by atoms with Gasteiger partial charge in [0.2, 0.25) is 0 Å². The van der Waals surface area contributed by atoms with Crippen molar-refractivity contribution in [2.45, 2.75) is 32.3 Å². The molecule has 1 saturated heterocycles. The van der Waals surface area contributed by atoms with Gasteiger partial charge < -0.3 is 9.47 Å². The van der Waals surface area contributed by atoms with Crippen LogP contribution in [0, 0.1) is 0 Å². The van der Waals surface area contributed by atoms with Crippen LogP contribution in [-0.2, 0) is 9.47 Å². The van der Waals surface area contributed by atoms with Gasteiger partial charge in [0.15, 0.2) is 5.69 Å². The van der Waals surface area contributed by atoms with Gasteiger partial charge in [-0.1, -0.05) is 0 Å². The number of nitrogens with one attached hydrogen (secondary N) is 1. The van der Waals surface area contributed by atoms with Crippen LogP contribution >= 0.6 is 0 Å². The van der Waals surface area contributed by atoms with Gasteiger partial charge in [0.1, 0.15) is 11.3 Å². The van der Waals surface area contributed by atoms with E-state index in [1.54, 1.807) is 0 Å². The molecule has 16 heavy (non-hydrogen) atoms. The van der Waals surface area contributed by atoms with Crippen LogP contribution in [0.15, 0.2) is 0 Å². The summed E-state index contributed by atoms with van der Waals surface area (Å²) in [5.41, 5.74) is 0.382. The molecular weight excluding hydrogens is 210 g/mol. The molecule has 1 aromatic heterocycles. The molecule has 6 heteroatoms. The summed E-state index contributed by atoms with van der Waals surface area (Å²) in [6, 6.07) is 0. The molecule has 88 valence electrons. The van der Waals surface area contributed by atoms with Crippen LogP contribution in [-0.4, -0.2) is 40.2 Å². The summed E-state index contributed by atoms with van der Waals surface area (Å²) < 4.78 is 10.3. The summed E-state index contributed by atoms with van der Waals surface area (Å²) in [5.74, 6) is -0.288. The highest BCUT2D eigenvalue weighted by Gasteiger charge is 2.31. The molecule has 0 saturated carbocycles.